The van der Waals surface area contributed by atoms with E-state index in [9.17, 15) is 0 Å². The molecule has 5 heteroatoms. The molecule has 22 heavy (non-hydrogen) atoms. The van der Waals surface area contributed by atoms with Crippen LogP contribution in [0.3, 0.4) is 0 Å². The molecule has 0 aliphatic carbocycles. The maximum absolute atomic E-state index is 4.71. The van der Waals surface area contributed by atoms with E-state index < -0.39 is 0 Å². The van der Waals surface area contributed by atoms with E-state index in [-0.39, 0.29) is 0 Å². The van der Waals surface area contributed by atoms with Gasteiger partial charge < -0.3 is 5.32 Å². The summed E-state index contributed by atoms with van der Waals surface area (Å²) in [5, 5.41) is 6.46. The van der Waals surface area contributed by atoms with Crippen LogP contribution in [0.4, 0.5) is 5.82 Å². The Morgan fingerprint density at radius 2 is 1.68 bits per heavy atom. The topological polar surface area (TPSA) is 63.6 Å². The van der Waals surface area contributed by atoms with Gasteiger partial charge in [-0.3, -0.25) is 15.0 Å². The highest BCUT2D eigenvalue weighted by Crippen LogP contribution is 2.28. The maximum Gasteiger partial charge on any atom is 0.135 e. The SMILES string of the molecule is c1ccc(CNc2nc3ccncc3c3cnccc23)nc1. The molecule has 4 aromatic rings. The average Bonchev–Trinajstić information content (AvgIpc) is 2.60. The van der Waals surface area contributed by atoms with Crippen molar-refractivity contribution in [2.24, 2.45) is 0 Å². The van der Waals surface area contributed by atoms with E-state index >= 15 is 0 Å². The predicted molar refractivity (Wildman–Crippen MR) is 86.4 cm³/mol. The third-order valence-electron chi connectivity index (χ3n) is 3.56. The van der Waals surface area contributed by atoms with Gasteiger partial charge in [0.15, 0.2) is 0 Å². The van der Waals surface area contributed by atoms with E-state index in [1.54, 1.807) is 18.6 Å². The second-order valence-corrected chi connectivity index (χ2v) is 4.95. The van der Waals surface area contributed by atoms with Gasteiger partial charge in [0, 0.05) is 47.1 Å². The first-order chi connectivity index (χ1) is 10.9. The molecule has 106 valence electrons. The molecule has 0 fully saturated rings. The third-order valence-corrected chi connectivity index (χ3v) is 3.56. The molecule has 0 bridgehead atoms. The zero-order valence-corrected chi connectivity index (χ0v) is 11.8. The molecule has 5 nitrogen and oxygen atoms in total. The lowest BCUT2D eigenvalue weighted by atomic mass is 10.1. The molecule has 1 N–H and O–H groups in total. The zero-order valence-electron chi connectivity index (χ0n) is 11.8. The van der Waals surface area contributed by atoms with Crippen LogP contribution in [0, 0.1) is 0 Å². The van der Waals surface area contributed by atoms with Crippen LogP contribution < -0.4 is 5.32 Å². The van der Waals surface area contributed by atoms with Gasteiger partial charge in [-0.05, 0) is 24.3 Å². The first kappa shape index (κ1) is 12.6. The number of rotatable bonds is 3. The molecular weight excluding hydrogens is 274 g/mol. The summed E-state index contributed by atoms with van der Waals surface area (Å²) in [5.41, 5.74) is 1.88. The van der Waals surface area contributed by atoms with Gasteiger partial charge in [-0.15, -0.1) is 0 Å². The number of hydrogen-bond donors (Lipinski definition) is 1. The Bertz CT molecular complexity index is 937. The van der Waals surface area contributed by atoms with Gasteiger partial charge in [-0.25, -0.2) is 4.98 Å². The van der Waals surface area contributed by atoms with E-state index in [1.807, 2.05) is 42.7 Å². The molecule has 0 radical (unpaired) electrons. The molecular formula is C17H13N5. The lowest BCUT2D eigenvalue weighted by Gasteiger charge is -2.10. The van der Waals surface area contributed by atoms with Crippen molar-refractivity contribution in [3.05, 3.63) is 67.0 Å². The average molecular weight is 287 g/mol. The molecule has 0 spiro atoms. The summed E-state index contributed by atoms with van der Waals surface area (Å²) in [4.78, 5) is 17.5. The Labute approximate surface area is 127 Å². The summed E-state index contributed by atoms with van der Waals surface area (Å²) in [7, 11) is 0. The summed E-state index contributed by atoms with van der Waals surface area (Å²) in [6.45, 7) is 0.627. The Hall–Kier alpha value is -3.08. The van der Waals surface area contributed by atoms with Gasteiger partial charge in [0.1, 0.15) is 5.82 Å². The van der Waals surface area contributed by atoms with Gasteiger partial charge >= 0.3 is 0 Å². The summed E-state index contributed by atoms with van der Waals surface area (Å²) < 4.78 is 0. The second-order valence-electron chi connectivity index (χ2n) is 4.95. The van der Waals surface area contributed by atoms with E-state index in [0.717, 1.165) is 33.2 Å². The lowest BCUT2D eigenvalue weighted by molar-refractivity contribution is 1.04. The molecule has 0 unspecified atom stereocenters. The molecule has 0 saturated carbocycles. The van der Waals surface area contributed by atoms with Gasteiger partial charge in [0.25, 0.3) is 0 Å². The first-order valence-electron chi connectivity index (χ1n) is 7.03. The van der Waals surface area contributed by atoms with Crippen molar-refractivity contribution < 1.29 is 0 Å². The van der Waals surface area contributed by atoms with Crippen molar-refractivity contribution in [3.63, 3.8) is 0 Å². The van der Waals surface area contributed by atoms with E-state index in [1.165, 1.54) is 0 Å². The van der Waals surface area contributed by atoms with E-state index in [4.69, 9.17) is 4.98 Å². The Morgan fingerprint density at radius 3 is 2.55 bits per heavy atom. The fraction of sp³-hybridized carbons (Fsp3) is 0.0588. The Morgan fingerprint density at radius 1 is 0.818 bits per heavy atom. The van der Waals surface area contributed by atoms with Crippen LogP contribution in [0.5, 0.6) is 0 Å². The number of hydrogen-bond acceptors (Lipinski definition) is 5. The minimum absolute atomic E-state index is 0.627. The highest BCUT2D eigenvalue weighted by molar-refractivity contribution is 6.09. The van der Waals surface area contributed by atoms with Gasteiger partial charge in [0.05, 0.1) is 17.8 Å². The number of anilines is 1. The molecule has 0 atom stereocenters. The molecule has 0 saturated heterocycles. The number of pyridine rings is 4. The van der Waals surface area contributed by atoms with Crippen LogP contribution in [0.1, 0.15) is 5.69 Å². The summed E-state index contributed by atoms with van der Waals surface area (Å²) >= 11 is 0. The standard InChI is InChI=1S/C17H13N5/c1-2-6-20-12(3-1)9-21-17-13-4-7-18-10-14(13)15-11-19-8-5-16(15)22-17/h1-8,10-11H,9H2,(H,21,22). The number of aromatic nitrogens is 4. The number of nitrogens with one attached hydrogen (secondary N) is 1. The van der Waals surface area contributed by atoms with Crippen LogP contribution in [0.2, 0.25) is 0 Å². The molecule has 0 aliphatic rings. The number of fused-ring (bicyclic) bond motifs is 3. The van der Waals surface area contributed by atoms with Crippen molar-refractivity contribution in [3.8, 4) is 0 Å². The molecule has 4 rings (SSSR count). The zero-order chi connectivity index (χ0) is 14.8. The van der Waals surface area contributed by atoms with Gasteiger partial charge in [-0.1, -0.05) is 6.07 Å². The molecule has 4 aromatic heterocycles. The van der Waals surface area contributed by atoms with Crippen molar-refractivity contribution in [1.29, 1.82) is 0 Å². The second kappa shape index (κ2) is 5.37. The quantitative estimate of drug-likeness (QED) is 0.586. The normalized spacial score (nSPS) is 10.9. The summed E-state index contributed by atoms with van der Waals surface area (Å²) in [5.74, 6) is 0.835. The lowest BCUT2D eigenvalue weighted by Crippen LogP contribution is -2.04. The highest BCUT2D eigenvalue weighted by Gasteiger charge is 2.08. The smallest absolute Gasteiger partial charge is 0.135 e. The van der Waals surface area contributed by atoms with Crippen molar-refractivity contribution >= 4 is 27.5 Å². The summed E-state index contributed by atoms with van der Waals surface area (Å²) in [6, 6.07) is 9.75. The molecule has 0 amide bonds. The monoisotopic (exact) mass is 287 g/mol. The van der Waals surface area contributed by atoms with E-state index in [0.29, 0.717) is 6.54 Å². The van der Waals surface area contributed by atoms with Crippen LogP contribution in [0.15, 0.2) is 61.3 Å². The van der Waals surface area contributed by atoms with Crippen molar-refractivity contribution in [2.75, 3.05) is 5.32 Å². The minimum atomic E-state index is 0.627. The summed E-state index contributed by atoms with van der Waals surface area (Å²) in [6.07, 6.45) is 9.00. The van der Waals surface area contributed by atoms with Gasteiger partial charge in [-0.2, -0.15) is 0 Å². The molecule has 4 heterocycles. The molecule has 0 aromatic carbocycles. The largest absolute Gasteiger partial charge is 0.364 e. The van der Waals surface area contributed by atoms with Crippen molar-refractivity contribution in [1.82, 2.24) is 19.9 Å². The molecule has 0 aliphatic heterocycles. The van der Waals surface area contributed by atoms with E-state index in [2.05, 4.69) is 20.3 Å². The van der Waals surface area contributed by atoms with Gasteiger partial charge in [0.2, 0.25) is 0 Å². The number of nitrogens with zero attached hydrogens (tertiary/aromatic N) is 4. The van der Waals surface area contributed by atoms with Crippen LogP contribution in [-0.4, -0.2) is 19.9 Å². The highest BCUT2D eigenvalue weighted by atomic mass is 15.0. The Balaban J connectivity index is 1.81. The van der Waals surface area contributed by atoms with Crippen molar-refractivity contribution in [2.45, 2.75) is 6.54 Å². The fourth-order valence-corrected chi connectivity index (χ4v) is 2.50. The Kier molecular flexibility index (Phi) is 3.08. The minimum Gasteiger partial charge on any atom is -0.364 e. The fourth-order valence-electron chi connectivity index (χ4n) is 2.50. The van der Waals surface area contributed by atoms with Crippen LogP contribution >= 0.6 is 0 Å². The third kappa shape index (κ3) is 2.22. The van der Waals surface area contributed by atoms with Crippen LogP contribution in [0.25, 0.3) is 21.7 Å². The first-order valence-corrected chi connectivity index (χ1v) is 7.03. The van der Waals surface area contributed by atoms with Crippen LogP contribution in [-0.2, 0) is 6.54 Å². The maximum atomic E-state index is 4.71. The predicted octanol–water partition coefficient (Wildman–Crippen LogP) is 3.19.